The van der Waals surface area contributed by atoms with Gasteiger partial charge in [-0.15, -0.1) is 0 Å². The van der Waals surface area contributed by atoms with Crippen LogP contribution in [0.2, 0.25) is 0 Å². The highest BCUT2D eigenvalue weighted by Gasteiger charge is 2.29. The smallest absolute Gasteiger partial charge is 0.372 e. The Morgan fingerprint density at radius 3 is 2.71 bits per heavy atom. The van der Waals surface area contributed by atoms with Crippen LogP contribution in [0.15, 0.2) is 0 Å². The number of ketones is 1. The third-order valence-corrected chi connectivity index (χ3v) is 3.33. The van der Waals surface area contributed by atoms with Gasteiger partial charge >= 0.3 is 6.18 Å². The second-order valence-corrected chi connectivity index (χ2v) is 4.67. The topological polar surface area (TPSA) is 26.3 Å². The molecular formula is C12H19F3O2. The number of rotatable bonds is 5. The maximum Gasteiger partial charge on any atom is 0.411 e. The van der Waals surface area contributed by atoms with E-state index in [1.54, 1.807) is 0 Å². The molecule has 0 amide bonds. The van der Waals surface area contributed by atoms with Crippen LogP contribution in [0.1, 0.15) is 39.0 Å². The highest BCUT2D eigenvalue weighted by Crippen LogP contribution is 2.30. The van der Waals surface area contributed by atoms with Gasteiger partial charge in [-0.05, 0) is 25.2 Å². The van der Waals surface area contributed by atoms with E-state index < -0.39 is 12.8 Å². The molecular weight excluding hydrogens is 233 g/mol. The van der Waals surface area contributed by atoms with Crippen molar-refractivity contribution >= 4 is 5.78 Å². The zero-order chi connectivity index (χ0) is 12.9. The van der Waals surface area contributed by atoms with Crippen molar-refractivity contribution in [3.05, 3.63) is 0 Å². The van der Waals surface area contributed by atoms with E-state index in [0.717, 1.165) is 19.3 Å². The second kappa shape index (κ2) is 6.38. The Labute approximate surface area is 99.5 Å². The fourth-order valence-corrected chi connectivity index (χ4v) is 2.27. The van der Waals surface area contributed by atoms with Gasteiger partial charge in [0.2, 0.25) is 0 Å². The molecule has 0 aromatic heterocycles. The molecule has 1 aliphatic rings. The lowest BCUT2D eigenvalue weighted by Gasteiger charge is -2.27. The number of carbonyl (C=O) groups excluding carboxylic acids is 1. The zero-order valence-corrected chi connectivity index (χ0v) is 10.1. The molecule has 0 radical (unpaired) electrons. The average molecular weight is 252 g/mol. The maximum absolute atomic E-state index is 11.8. The normalized spacial score (nSPS) is 26.2. The first kappa shape index (κ1) is 14.5. The quantitative estimate of drug-likeness (QED) is 0.701. The van der Waals surface area contributed by atoms with Gasteiger partial charge < -0.3 is 4.74 Å². The lowest BCUT2D eigenvalue weighted by Crippen LogP contribution is -2.26. The molecule has 5 heteroatoms. The van der Waals surface area contributed by atoms with Crippen LogP contribution < -0.4 is 0 Å². The van der Waals surface area contributed by atoms with E-state index in [4.69, 9.17) is 0 Å². The number of Topliss-reactive ketones (excluding diaryl/α,β-unsaturated/α-hetero) is 1. The van der Waals surface area contributed by atoms with Gasteiger partial charge in [0, 0.05) is 18.9 Å². The molecule has 0 bridgehead atoms. The van der Waals surface area contributed by atoms with Gasteiger partial charge in [-0.25, -0.2) is 0 Å². The standard InChI is InChI=1S/C12H19F3O2/c1-2-9-3-4-11(16)10(7-9)5-6-17-8-12(13,14)15/h9-10H,2-8H2,1H3. The highest BCUT2D eigenvalue weighted by molar-refractivity contribution is 5.81. The molecule has 2 atom stereocenters. The first-order chi connectivity index (χ1) is 7.92. The molecule has 17 heavy (non-hydrogen) atoms. The summed E-state index contributed by atoms with van der Waals surface area (Å²) in [7, 11) is 0. The number of alkyl halides is 3. The van der Waals surface area contributed by atoms with Crippen molar-refractivity contribution in [2.24, 2.45) is 11.8 Å². The van der Waals surface area contributed by atoms with E-state index in [9.17, 15) is 18.0 Å². The van der Waals surface area contributed by atoms with Gasteiger partial charge in [-0.3, -0.25) is 4.79 Å². The Hall–Kier alpha value is -0.580. The van der Waals surface area contributed by atoms with Gasteiger partial charge in [0.05, 0.1) is 0 Å². The summed E-state index contributed by atoms with van der Waals surface area (Å²) in [4.78, 5) is 11.6. The van der Waals surface area contributed by atoms with Crippen LogP contribution in [0.5, 0.6) is 0 Å². The molecule has 1 rings (SSSR count). The van der Waals surface area contributed by atoms with Crippen LogP contribution in [0.4, 0.5) is 13.2 Å². The van der Waals surface area contributed by atoms with Crippen molar-refractivity contribution in [3.63, 3.8) is 0 Å². The minimum Gasteiger partial charge on any atom is -0.372 e. The molecule has 0 aromatic rings. The number of ether oxygens (including phenoxy) is 1. The monoisotopic (exact) mass is 252 g/mol. The number of halogens is 3. The summed E-state index contributed by atoms with van der Waals surface area (Å²) in [6.45, 7) is 0.884. The van der Waals surface area contributed by atoms with E-state index in [1.807, 2.05) is 0 Å². The third-order valence-electron chi connectivity index (χ3n) is 3.33. The molecule has 0 spiro atoms. The van der Waals surface area contributed by atoms with E-state index in [2.05, 4.69) is 11.7 Å². The van der Waals surface area contributed by atoms with Gasteiger partial charge in [-0.1, -0.05) is 13.3 Å². The number of carbonyl (C=O) groups is 1. The number of hydrogen-bond acceptors (Lipinski definition) is 2. The van der Waals surface area contributed by atoms with Gasteiger partial charge in [0.1, 0.15) is 12.4 Å². The molecule has 0 heterocycles. The van der Waals surface area contributed by atoms with Crippen molar-refractivity contribution in [2.75, 3.05) is 13.2 Å². The van der Waals surface area contributed by atoms with Crippen LogP contribution in [0, 0.1) is 11.8 Å². The van der Waals surface area contributed by atoms with Crippen LogP contribution in [-0.2, 0) is 9.53 Å². The molecule has 2 nitrogen and oxygen atoms in total. The lowest BCUT2D eigenvalue weighted by atomic mass is 9.78. The molecule has 100 valence electrons. The van der Waals surface area contributed by atoms with Crippen LogP contribution >= 0.6 is 0 Å². The predicted molar refractivity (Wildman–Crippen MR) is 57.6 cm³/mol. The van der Waals surface area contributed by atoms with Gasteiger partial charge in [0.25, 0.3) is 0 Å². The van der Waals surface area contributed by atoms with Crippen LogP contribution in [-0.4, -0.2) is 25.2 Å². The summed E-state index contributed by atoms with van der Waals surface area (Å²) in [5, 5.41) is 0. The SMILES string of the molecule is CCC1CCC(=O)C(CCOCC(F)(F)F)C1. The molecule has 0 aliphatic heterocycles. The Bertz CT molecular complexity index is 251. The van der Waals surface area contributed by atoms with Gasteiger partial charge in [-0.2, -0.15) is 13.2 Å². The first-order valence-corrected chi connectivity index (χ1v) is 6.09. The Morgan fingerprint density at radius 1 is 1.41 bits per heavy atom. The van der Waals surface area contributed by atoms with Crippen molar-refractivity contribution in [1.82, 2.24) is 0 Å². The Balaban J connectivity index is 2.23. The molecule has 2 unspecified atom stereocenters. The summed E-state index contributed by atoms with van der Waals surface area (Å²) in [5.41, 5.74) is 0. The minimum atomic E-state index is -4.28. The van der Waals surface area contributed by atoms with Crippen molar-refractivity contribution in [1.29, 1.82) is 0 Å². The highest BCUT2D eigenvalue weighted by atomic mass is 19.4. The zero-order valence-electron chi connectivity index (χ0n) is 10.1. The molecule has 1 fully saturated rings. The second-order valence-electron chi connectivity index (χ2n) is 4.67. The Kier molecular flexibility index (Phi) is 5.43. The molecule has 0 saturated heterocycles. The fraction of sp³-hybridized carbons (Fsp3) is 0.917. The minimum absolute atomic E-state index is 0.0202. The third kappa shape index (κ3) is 5.52. The van der Waals surface area contributed by atoms with E-state index in [1.165, 1.54) is 0 Å². The van der Waals surface area contributed by atoms with E-state index in [-0.39, 0.29) is 18.3 Å². The molecule has 0 N–H and O–H groups in total. The van der Waals surface area contributed by atoms with Crippen molar-refractivity contribution < 1.29 is 22.7 Å². The number of hydrogen-bond donors (Lipinski definition) is 0. The fourth-order valence-electron chi connectivity index (χ4n) is 2.27. The lowest BCUT2D eigenvalue weighted by molar-refractivity contribution is -0.174. The Morgan fingerprint density at radius 2 is 2.12 bits per heavy atom. The summed E-state index contributed by atoms with van der Waals surface area (Å²) in [5.74, 6) is 0.632. The molecule has 1 aliphatic carbocycles. The van der Waals surface area contributed by atoms with Crippen molar-refractivity contribution in [2.45, 2.75) is 45.2 Å². The molecule has 0 aromatic carbocycles. The summed E-state index contributed by atoms with van der Waals surface area (Å²) in [6.07, 6.45) is -0.510. The molecule has 1 saturated carbocycles. The van der Waals surface area contributed by atoms with Crippen LogP contribution in [0.3, 0.4) is 0 Å². The summed E-state index contributed by atoms with van der Waals surface area (Å²) < 4.78 is 40.0. The van der Waals surface area contributed by atoms with Crippen molar-refractivity contribution in [3.8, 4) is 0 Å². The van der Waals surface area contributed by atoms with E-state index in [0.29, 0.717) is 18.8 Å². The van der Waals surface area contributed by atoms with E-state index >= 15 is 0 Å². The first-order valence-electron chi connectivity index (χ1n) is 6.09. The average Bonchev–Trinajstić information content (AvgIpc) is 2.25. The largest absolute Gasteiger partial charge is 0.411 e. The summed E-state index contributed by atoms with van der Waals surface area (Å²) in [6, 6.07) is 0. The summed E-state index contributed by atoms with van der Waals surface area (Å²) >= 11 is 0. The van der Waals surface area contributed by atoms with Gasteiger partial charge in [0.15, 0.2) is 0 Å². The maximum atomic E-state index is 11.8. The predicted octanol–water partition coefficient (Wildman–Crippen LogP) is 3.35. The van der Waals surface area contributed by atoms with Crippen LogP contribution in [0.25, 0.3) is 0 Å².